The van der Waals surface area contributed by atoms with Crippen molar-refractivity contribution in [2.45, 2.75) is 53.1 Å². The second-order valence-electron chi connectivity index (χ2n) is 8.06. The Morgan fingerprint density at radius 3 is 2.57 bits per heavy atom. The van der Waals surface area contributed by atoms with Gasteiger partial charge in [-0.15, -0.1) is 0 Å². The summed E-state index contributed by atoms with van der Waals surface area (Å²) in [7, 11) is 0. The first-order valence-electron chi connectivity index (χ1n) is 12.0. The van der Waals surface area contributed by atoms with Gasteiger partial charge in [0.2, 0.25) is 12.3 Å². The average molecular weight is 477 g/mol. The minimum absolute atomic E-state index is 0.0258. The van der Waals surface area contributed by atoms with Crippen LogP contribution in [0.5, 0.6) is 5.88 Å². The number of allylic oxidation sites excluding steroid dienone is 2. The summed E-state index contributed by atoms with van der Waals surface area (Å²) in [5, 5.41) is 12.8. The molecule has 0 saturated heterocycles. The maximum absolute atomic E-state index is 9.91. The lowest BCUT2D eigenvalue weighted by atomic mass is 10.1. The number of benzene rings is 2. The maximum atomic E-state index is 9.91. The Bertz CT molecular complexity index is 1120. The molecule has 1 unspecified atom stereocenters. The van der Waals surface area contributed by atoms with E-state index in [2.05, 4.69) is 46.3 Å². The molecule has 0 fully saturated rings. The van der Waals surface area contributed by atoms with Gasteiger partial charge in [-0.2, -0.15) is 4.98 Å². The molecular weight excluding hydrogens is 440 g/mol. The number of fused-ring (bicyclic) bond motifs is 1. The van der Waals surface area contributed by atoms with Crippen molar-refractivity contribution in [1.82, 2.24) is 15.3 Å². The smallest absolute Gasteiger partial charge is 0.225 e. The molecule has 3 aromatic rings. The lowest BCUT2D eigenvalue weighted by molar-refractivity contribution is -0.108. The highest BCUT2D eigenvalue weighted by Gasteiger charge is 2.14. The first-order chi connectivity index (χ1) is 17.0. The van der Waals surface area contributed by atoms with Crippen molar-refractivity contribution < 1.29 is 14.6 Å². The highest BCUT2D eigenvalue weighted by atomic mass is 16.5. The summed E-state index contributed by atoms with van der Waals surface area (Å²) < 4.78 is 5.93. The Balaban J connectivity index is 0.000000334. The van der Waals surface area contributed by atoms with Crippen LogP contribution in [0.25, 0.3) is 10.9 Å². The number of hydrogen-bond acceptors (Lipinski definition) is 6. The molecule has 7 nitrogen and oxygen atoms in total. The standard InChI is InChI=1S/C20H22N2O2.C8H14N2O/c1-3-16(13-23)24-20-17-10-6-7-11-18(17)21-19(22-20)12-15-9-5-4-8-14(15)2;1-3-5-9-6-4-8(2)10-7-11/h4-11,16,23H,3,12-13H2,1-2H3;4,6-7H,3,5H2,1-2H3,(H,10,11)/b;8-4+,9-6?. The molecule has 0 radical (unpaired) electrons. The Morgan fingerprint density at radius 1 is 1.14 bits per heavy atom. The van der Waals surface area contributed by atoms with Crippen molar-refractivity contribution in [2.75, 3.05) is 13.2 Å². The van der Waals surface area contributed by atoms with Crippen molar-refractivity contribution in [2.24, 2.45) is 4.99 Å². The van der Waals surface area contributed by atoms with E-state index in [-0.39, 0.29) is 12.7 Å². The Labute approximate surface area is 208 Å². The predicted molar refractivity (Wildman–Crippen MR) is 142 cm³/mol. The molecule has 35 heavy (non-hydrogen) atoms. The zero-order chi connectivity index (χ0) is 25.5. The molecule has 1 heterocycles. The van der Waals surface area contributed by atoms with Crippen LogP contribution in [0, 0.1) is 6.92 Å². The lowest BCUT2D eigenvalue weighted by Crippen LogP contribution is -2.21. The summed E-state index contributed by atoms with van der Waals surface area (Å²) in [6, 6.07) is 16.1. The monoisotopic (exact) mass is 476 g/mol. The Morgan fingerprint density at radius 2 is 1.89 bits per heavy atom. The van der Waals surface area contributed by atoms with E-state index in [0.29, 0.717) is 18.7 Å². The van der Waals surface area contributed by atoms with Crippen LogP contribution in [0.3, 0.4) is 0 Å². The summed E-state index contributed by atoms with van der Waals surface area (Å²) >= 11 is 0. The van der Waals surface area contributed by atoms with Crippen LogP contribution in [0.15, 0.2) is 65.3 Å². The minimum Gasteiger partial charge on any atom is -0.471 e. The zero-order valence-corrected chi connectivity index (χ0v) is 21.1. The van der Waals surface area contributed by atoms with E-state index in [1.807, 2.05) is 50.2 Å². The van der Waals surface area contributed by atoms with Crippen LogP contribution in [0.2, 0.25) is 0 Å². The van der Waals surface area contributed by atoms with E-state index in [9.17, 15) is 9.90 Å². The van der Waals surface area contributed by atoms with Gasteiger partial charge in [0.25, 0.3) is 0 Å². The summed E-state index contributed by atoms with van der Waals surface area (Å²) in [5.41, 5.74) is 4.09. The van der Waals surface area contributed by atoms with E-state index >= 15 is 0 Å². The normalized spacial score (nSPS) is 12.2. The third-order valence-corrected chi connectivity index (χ3v) is 5.23. The molecule has 0 spiro atoms. The summed E-state index contributed by atoms with van der Waals surface area (Å²) in [5.74, 6) is 1.27. The van der Waals surface area contributed by atoms with Crippen LogP contribution >= 0.6 is 0 Å². The van der Waals surface area contributed by atoms with Gasteiger partial charge >= 0.3 is 0 Å². The van der Waals surface area contributed by atoms with E-state index in [1.54, 1.807) is 12.3 Å². The third kappa shape index (κ3) is 9.29. The van der Waals surface area contributed by atoms with E-state index in [0.717, 1.165) is 41.8 Å². The number of aliphatic hydroxyl groups excluding tert-OH is 1. The number of aryl methyl sites for hydroxylation is 1. The molecule has 1 amide bonds. The number of aliphatic imine (C=N–C) groups is 1. The van der Waals surface area contributed by atoms with Crippen LogP contribution in [0.1, 0.15) is 50.6 Å². The van der Waals surface area contributed by atoms with Crippen LogP contribution in [-0.4, -0.2) is 47.0 Å². The van der Waals surface area contributed by atoms with Gasteiger partial charge in [-0.3, -0.25) is 9.79 Å². The molecule has 0 bridgehead atoms. The molecule has 7 heteroatoms. The van der Waals surface area contributed by atoms with Crippen molar-refractivity contribution in [1.29, 1.82) is 0 Å². The van der Waals surface area contributed by atoms with Gasteiger partial charge in [-0.25, -0.2) is 4.98 Å². The largest absolute Gasteiger partial charge is 0.471 e. The van der Waals surface area contributed by atoms with E-state index < -0.39 is 0 Å². The number of nitrogens with zero attached hydrogens (tertiary/aromatic N) is 3. The summed E-state index contributed by atoms with van der Waals surface area (Å²) in [6.45, 7) is 8.77. The molecule has 186 valence electrons. The number of carbonyl (C=O) groups is 1. The number of aliphatic hydroxyl groups is 1. The number of rotatable bonds is 11. The zero-order valence-electron chi connectivity index (χ0n) is 21.1. The fourth-order valence-electron chi connectivity index (χ4n) is 3.16. The number of carbonyl (C=O) groups excluding carboxylic acids is 1. The molecular formula is C28H36N4O3. The van der Waals surface area contributed by atoms with Gasteiger partial charge < -0.3 is 15.2 Å². The molecule has 0 aliphatic carbocycles. The van der Waals surface area contributed by atoms with E-state index in [1.165, 1.54) is 11.1 Å². The molecule has 2 aromatic carbocycles. The quantitative estimate of drug-likeness (QED) is 0.306. The third-order valence-electron chi connectivity index (χ3n) is 5.23. The molecule has 0 saturated carbocycles. The van der Waals surface area contributed by atoms with Crippen molar-refractivity contribution >= 4 is 23.5 Å². The van der Waals surface area contributed by atoms with Crippen LogP contribution in [-0.2, 0) is 11.2 Å². The topological polar surface area (TPSA) is 96.7 Å². The second-order valence-corrected chi connectivity index (χ2v) is 8.06. The first-order valence-corrected chi connectivity index (χ1v) is 12.0. The molecule has 2 N–H and O–H groups in total. The fraction of sp³-hybridized carbons (Fsp3) is 0.357. The van der Waals surface area contributed by atoms with Gasteiger partial charge in [0.05, 0.1) is 17.5 Å². The lowest BCUT2D eigenvalue weighted by Gasteiger charge is -2.16. The first kappa shape index (κ1) is 27.7. The number of para-hydroxylation sites is 1. The van der Waals surface area contributed by atoms with Gasteiger partial charge in [-0.1, -0.05) is 50.2 Å². The van der Waals surface area contributed by atoms with Crippen molar-refractivity contribution in [3.8, 4) is 5.88 Å². The predicted octanol–water partition coefficient (Wildman–Crippen LogP) is 4.80. The molecule has 1 aromatic heterocycles. The van der Waals surface area contributed by atoms with Gasteiger partial charge in [0.15, 0.2) is 0 Å². The number of ether oxygens (including phenoxy) is 1. The molecule has 3 rings (SSSR count). The fourth-order valence-corrected chi connectivity index (χ4v) is 3.16. The van der Waals surface area contributed by atoms with Gasteiger partial charge in [0.1, 0.15) is 11.9 Å². The number of aromatic nitrogens is 2. The number of nitrogens with one attached hydrogen (secondary N) is 1. The Kier molecular flexibility index (Phi) is 12.1. The van der Waals surface area contributed by atoms with E-state index in [4.69, 9.17) is 4.74 Å². The average Bonchev–Trinajstić information content (AvgIpc) is 2.87. The summed E-state index contributed by atoms with van der Waals surface area (Å²) in [4.78, 5) is 23.3. The molecule has 0 aliphatic heterocycles. The summed E-state index contributed by atoms with van der Waals surface area (Å²) in [6.07, 6.45) is 6.30. The number of hydrogen-bond donors (Lipinski definition) is 2. The molecule has 1 atom stereocenters. The van der Waals surface area contributed by atoms with Crippen molar-refractivity contribution in [3.05, 3.63) is 77.3 Å². The van der Waals surface area contributed by atoms with Crippen molar-refractivity contribution in [3.63, 3.8) is 0 Å². The van der Waals surface area contributed by atoms with Gasteiger partial charge in [-0.05, 0) is 56.0 Å². The Hall–Kier alpha value is -3.58. The highest BCUT2D eigenvalue weighted by Crippen LogP contribution is 2.25. The maximum Gasteiger partial charge on any atom is 0.225 e. The second kappa shape index (κ2) is 15.3. The van der Waals surface area contributed by atoms with Gasteiger partial charge in [0, 0.05) is 24.9 Å². The number of amides is 1. The molecule has 0 aliphatic rings. The SMILES string of the molecule is CCC(CO)Oc1nc(Cc2ccccc2C)nc2ccccc12.CCCN=C/C=C(\C)NC=O. The highest BCUT2D eigenvalue weighted by molar-refractivity contribution is 5.83. The van der Waals surface area contributed by atoms with Crippen LogP contribution < -0.4 is 10.1 Å². The minimum atomic E-state index is -0.255. The van der Waals surface area contributed by atoms with Crippen LogP contribution in [0.4, 0.5) is 0 Å².